The normalized spacial score (nSPS) is 10.1. The number of hydrogen-bond donors (Lipinski definition) is 3. The summed E-state index contributed by atoms with van der Waals surface area (Å²) in [6.07, 6.45) is 0. The Bertz CT molecular complexity index is 534. The van der Waals surface area contributed by atoms with Crippen molar-refractivity contribution >= 4 is 33.8 Å². The van der Waals surface area contributed by atoms with E-state index < -0.39 is 5.91 Å². The van der Waals surface area contributed by atoms with Crippen LogP contribution in [0.2, 0.25) is 0 Å². The summed E-state index contributed by atoms with van der Waals surface area (Å²) in [5.41, 5.74) is 12.3. The highest BCUT2D eigenvalue weighted by Gasteiger charge is 2.24. The minimum absolute atomic E-state index is 0.125. The number of nitrogens with two attached hydrogens (primary N) is 2. The largest absolute Gasteiger partial charge is 0.397 e. The van der Waals surface area contributed by atoms with Crippen molar-refractivity contribution in [1.82, 2.24) is 4.90 Å². The minimum Gasteiger partial charge on any atom is -0.397 e. The number of anilines is 2. The Hall–Kier alpha value is -2.02. The topological polar surface area (TPSA) is 101 Å². The Morgan fingerprint density at radius 3 is 2.42 bits per heavy atom. The Morgan fingerprint density at radius 1 is 1.42 bits per heavy atom. The maximum absolute atomic E-state index is 12.0. The molecule has 0 saturated carbocycles. The highest BCUT2D eigenvalue weighted by atomic mass is 32.1. The van der Waals surface area contributed by atoms with Gasteiger partial charge in [-0.1, -0.05) is 12.2 Å². The Labute approximate surface area is 116 Å². The number of thiophene rings is 1. The zero-order valence-electron chi connectivity index (χ0n) is 11.2. The standard InChI is InChI=1S/C12H18N4O2S/c1-6(2)5-15-11-7(10(14)17)8(13)9(19-11)12(18)16(3)4/h15H,1,5,13H2,2-4H3,(H2,14,17). The molecule has 0 aliphatic heterocycles. The van der Waals surface area contributed by atoms with Gasteiger partial charge in [0.05, 0.1) is 11.3 Å². The predicted octanol–water partition coefficient (Wildman–Crippen LogP) is 1.12. The molecule has 6 nitrogen and oxygen atoms in total. The average molecular weight is 282 g/mol. The minimum atomic E-state index is -0.657. The van der Waals surface area contributed by atoms with Crippen molar-refractivity contribution in [3.8, 4) is 0 Å². The van der Waals surface area contributed by atoms with Gasteiger partial charge >= 0.3 is 0 Å². The summed E-state index contributed by atoms with van der Waals surface area (Å²) in [5.74, 6) is -0.913. The fourth-order valence-corrected chi connectivity index (χ4v) is 2.55. The van der Waals surface area contributed by atoms with Gasteiger partial charge in [0.1, 0.15) is 9.88 Å². The number of hydrogen-bond acceptors (Lipinski definition) is 5. The van der Waals surface area contributed by atoms with Crippen molar-refractivity contribution < 1.29 is 9.59 Å². The fraction of sp³-hybridized carbons (Fsp3) is 0.333. The van der Waals surface area contributed by atoms with Gasteiger partial charge in [0.15, 0.2) is 0 Å². The first-order valence-corrected chi connectivity index (χ1v) is 6.39. The second kappa shape index (κ2) is 5.75. The lowest BCUT2D eigenvalue weighted by Crippen LogP contribution is -2.22. The Morgan fingerprint density at radius 2 is 2.00 bits per heavy atom. The smallest absolute Gasteiger partial charge is 0.265 e. The molecule has 5 N–H and O–H groups in total. The first-order valence-electron chi connectivity index (χ1n) is 5.57. The molecular weight excluding hydrogens is 264 g/mol. The van der Waals surface area contributed by atoms with Crippen LogP contribution in [-0.2, 0) is 0 Å². The van der Waals surface area contributed by atoms with Crippen molar-refractivity contribution in [3.05, 3.63) is 22.6 Å². The number of nitrogens with one attached hydrogen (secondary N) is 1. The van der Waals surface area contributed by atoms with Crippen LogP contribution in [0, 0.1) is 0 Å². The number of nitrogens with zero attached hydrogens (tertiary/aromatic N) is 1. The van der Waals surface area contributed by atoms with Crippen LogP contribution in [0.5, 0.6) is 0 Å². The number of amides is 2. The van der Waals surface area contributed by atoms with Gasteiger partial charge < -0.3 is 21.7 Å². The van der Waals surface area contributed by atoms with Crippen LogP contribution in [0.25, 0.3) is 0 Å². The molecule has 0 unspecified atom stereocenters. The van der Waals surface area contributed by atoms with Gasteiger partial charge in [-0.2, -0.15) is 0 Å². The summed E-state index contributed by atoms with van der Waals surface area (Å²) in [4.78, 5) is 25.1. The molecule has 0 fully saturated rings. The van der Waals surface area contributed by atoms with Gasteiger partial charge in [-0.3, -0.25) is 9.59 Å². The Balaban J connectivity index is 3.23. The molecule has 0 radical (unpaired) electrons. The summed E-state index contributed by atoms with van der Waals surface area (Å²) in [5, 5.41) is 3.51. The lowest BCUT2D eigenvalue weighted by atomic mass is 10.2. The number of rotatable bonds is 5. The van der Waals surface area contributed by atoms with Crippen LogP contribution in [0.15, 0.2) is 12.2 Å². The van der Waals surface area contributed by atoms with E-state index in [1.54, 1.807) is 14.1 Å². The summed E-state index contributed by atoms with van der Waals surface area (Å²) < 4.78 is 0. The third-order valence-electron chi connectivity index (χ3n) is 2.34. The lowest BCUT2D eigenvalue weighted by molar-refractivity contribution is 0.0833. The van der Waals surface area contributed by atoms with E-state index >= 15 is 0 Å². The SMILES string of the molecule is C=C(C)CNc1sc(C(=O)N(C)C)c(N)c1C(N)=O. The predicted molar refractivity (Wildman–Crippen MR) is 78.6 cm³/mol. The zero-order chi connectivity index (χ0) is 14.7. The molecule has 1 aromatic heterocycles. The average Bonchev–Trinajstić information content (AvgIpc) is 2.62. The van der Waals surface area contributed by atoms with E-state index in [2.05, 4.69) is 11.9 Å². The van der Waals surface area contributed by atoms with E-state index in [0.717, 1.165) is 16.9 Å². The quantitative estimate of drug-likeness (QED) is 0.704. The maximum atomic E-state index is 12.0. The molecule has 19 heavy (non-hydrogen) atoms. The highest BCUT2D eigenvalue weighted by Crippen LogP contribution is 2.36. The van der Waals surface area contributed by atoms with Gasteiger partial charge in [-0.05, 0) is 6.92 Å². The summed E-state index contributed by atoms with van der Waals surface area (Å²) in [6, 6.07) is 0. The number of carbonyl (C=O) groups is 2. The van der Waals surface area contributed by atoms with E-state index in [-0.39, 0.29) is 17.2 Å². The van der Waals surface area contributed by atoms with E-state index in [4.69, 9.17) is 11.5 Å². The van der Waals surface area contributed by atoms with Crippen molar-refractivity contribution in [3.63, 3.8) is 0 Å². The summed E-state index contributed by atoms with van der Waals surface area (Å²) in [6.45, 7) is 6.09. The number of nitrogen functional groups attached to an aromatic ring is 1. The molecule has 1 heterocycles. The van der Waals surface area contributed by atoms with E-state index in [1.165, 1.54) is 4.90 Å². The second-order valence-corrected chi connectivity index (χ2v) is 5.44. The fourth-order valence-electron chi connectivity index (χ4n) is 1.41. The maximum Gasteiger partial charge on any atom is 0.265 e. The van der Waals surface area contributed by atoms with Crippen molar-refractivity contribution in [1.29, 1.82) is 0 Å². The van der Waals surface area contributed by atoms with Gasteiger partial charge in [0.2, 0.25) is 0 Å². The van der Waals surface area contributed by atoms with Crippen molar-refractivity contribution in [2.45, 2.75) is 6.92 Å². The second-order valence-electron chi connectivity index (χ2n) is 4.42. The van der Waals surface area contributed by atoms with Crippen LogP contribution >= 0.6 is 11.3 Å². The van der Waals surface area contributed by atoms with Crippen LogP contribution in [0.4, 0.5) is 10.7 Å². The molecule has 0 spiro atoms. The lowest BCUT2D eigenvalue weighted by Gasteiger charge is -2.08. The molecule has 2 amide bonds. The molecule has 104 valence electrons. The molecule has 1 aromatic rings. The molecule has 0 atom stereocenters. The number of primary amides is 1. The summed E-state index contributed by atoms with van der Waals surface area (Å²) >= 11 is 1.12. The van der Waals surface area contributed by atoms with Crippen LogP contribution in [0.1, 0.15) is 27.0 Å². The Kier molecular flexibility index (Phi) is 4.55. The molecule has 0 bridgehead atoms. The van der Waals surface area contributed by atoms with Crippen molar-refractivity contribution in [2.75, 3.05) is 31.7 Å². The third-order valence-corrected chi connectivity index (χ3v) is 3.49. The number of carbonyl (C=O) groups excluding carboxylic acids is 2. The molecule has 0 aliphatic carbocycles. The van der Waals surface area contributed by atoms with Crippen LogP contribution in [0.3, 0.4) is 0 Å². The molecule has 0 aliphatic rings. The first kappa shape index (κ1) is 15.0. The third kappa shape index (κ3) is 3.25. The summed E-state index contributed by atoms with van der Waals surface area (Å²) in [7, 11) is 3.23. The van der Waals surface area contributed by atoms with Gasteiger partial charge in [-0.15, -0.1) is 11.3 Å². The molecule has 1 rings (SSSR count). The van der Waals surface area contributed by atoms with Gasteiger partial charge in [0.25, 0.3) is 11.8 Å². The van der Waals surface area contributed by atoms with Crippen molar-refractivity contribution in [2.24, 2.45) is 5.73 Å². The highest BCUT2D eigenvalue weighted by molar-refractivity contribution is 7.19. The van der Waals surface area contributed by atoms with E-state index in [1.807, 2.05) is 6.92 Å². The molecular formula is C12H18N4O2S. The molecule has 0 aromatic carbocycles. The molecule has 7 heteroatoms. The van der Waals surface area contributed by atoms with E-state index in [9.17, 15) is 9.59 Å². The zero-order valence-corrected chi connectivity index (χ0v) is 12.1. The van der Waals surface area contributed by atoms with Crippen LogP contribution in [-0.4, -0.2) is 37.4 Å². The first-order chi connectivity index (χ1) is 8.75. The van der Waals surface area contributed by atoms with E-state index in [0.29, 0.717) is 16.4 Å². The molecule has 0 saturated heterocycles. The monoisotopic (exact) mass is 282 g/mol. The van der Waals surface area contributed by atoms with Gasteiger partial charge in [-0.25, -0.2) is 0 Å². The van der Waals surface area contributed by atoms with Gasteiger partial charge in [0, 0.05) is 20.6 Å². The van der Waals surface area contributed by atoms with Crippen LogP contribution < -0.4 is 16.8 Å².